The number of aromatic nitrogens is 4. The average molecular weight is 937 g/mol. The summed E-state index contributed by atoms with van der Waals surface area (Å²) >= 11 is 0. The summed E-state index contributed by atoms with van der Waals surface area (Å²) in [5, 5.41) is 2.40. The molecule has 2 aromatic heterocycles. The maximum absolute atomic E-state index is 5.40. The van der Waals surface area contributed by atoms with Crippen molar-refractivity contribution in [1.29, 1.82) is 0 Å². The van der Waals surface area contributed by atoms with Crippen molar-refractivity contribution in [2.45, 2.75) is 37.0 Å². The van der Waals surface area contributed by atoms with Gasteiger partial charge in [-0.1, -0.05) is 225 Å². The third kappa shape index (κ3) is 8.61. The normalized spacial score (nSPS) is 17.1. The molecule has 4 nitrogen and oxygen atoms in total. The third-order valence-electron chi connectivity index (χ3n) is 14.8. The molecule has 2 heterocycles. The highest BCUT2D eigenvalue weighted by atomic mass is 15.0. The van der Waals surface area contributed by atoms with Crippen molar-refractivity contribution in [2.24, 2.45) is 0 Å². The maximum atomic E-state index is 5.40. The summed E-state index contributed by atoms with van der Waals surface area (Å²) in [4.78, 5) is 15.9. The minimum Gasteiger partial charge on any atom is -0.308 e. The Balaban J connectivity index is 1.10. The molecule has 0 N–H and O–H groups in total. The van der Waals surface area contributed by atoms with Gasteiger partial charge in [0.2, 0.25) is 0 Å². The first-order valence-corrected chi connectivity index (χ1v) is 25.6. The molecule has 13 rings (SSSR count). The lowest BCUT2D eigenvalue weighted by Crippen LogP contribution is -2.09. The summed E-state index contributed by atoms with van der Waals surface area (Å²) in [5.41, 5.74) is 17.1. The van der Waals surface area contributed by atoms with Crippen molar-refractivity contribution in [3.05, 3.63) is 283 Å². The van der Waals surface area contributed by atoms with Gasteiger partial charge >= 0.3 is 0 Å². The number of allylic oxidation sites excluding steroid dienone is 12. The fraction of sp³-hybridized carbons (Fsp3) is 0.0870. The molecule has 0 saturated heterocycles. The molecule has 3 aliphatic rings. The van der Waals surface area contributed by atoms with Crippen LogP contribution in [-0.4, -0.2) is 19.5 Å². The predicted octanol–water partition coefficient (Wildman–Crippen LogP) is 17.6. The van der Waals surface area contributed by atoms with E-state index in [2.05, 4.69) is 259 Å². The molecule has 0 radical (unpaired) electrons. The molecule has 0 bridgehead atoms. The number of nitrogens with zero attached hydrogens (tertiary/aromatic N) is 4. The largest absolute Gasteiger partial charge is 0.308 e. The Labute approximate surface area is 427 Å². The summed E-state index contributed by atoms with van der Waals surface area (Å²) in [5.74, 6) is 2.72. The van der Waals surface area contributed by atoms with Crippen molar-refractivity contribution in [2.75, 3.05) is 0 Å². The van der Waals surface area contributed by atoms with E-state index < -0.39 is 0 Å². The maximum Gasteiger partial charge on any atom is 0.163 e. The van der Waals surface area contributed by atoms with E-state index in [1.165, 1.54) is 44.2 Å². The van der Waals surface area contributed by atoms with Gasteiger partial charge < -0.3 is 4.57 Å². The van der Waals surface area contributed by atoms with Crippen LogP contribution in [0.3, 0.4) is 0 Å². The molecular weight excluding hydrogens is 885 g/mol. The van der Waals surface area contributed by atoms with Crippen molar-refractivity contribution in [3.63, 3.8) is 0 Å². The predicted molar refractivity (Wildman–Crippen MR) is 304 cm³/mol. The van der Waals surface area contributed by atoms with Gasteiger partial charge in [0.1, 0.15) is 5.82 Å². The van der Waals surface area contributed by atoms with Crippen LogP contribution in [0.2, 0.25) is 0 Å². The minimum absolute atomic E-state index is 0.0294. The first-order chi connectivity index (χ1) is 36.2. The average Bonchev–Trinajstić information content (AvgIpc) is 3.81. The molecule has 0 fully saturated rings. The van der Waals surface area contributed by atoms with E-state index in [0.29, 0.717) is 17.6 Å². The molecule has 0 spiro atoms. The SMILES string of the molecule is C1=CCC(c2ccc(-c3cc(-c4nc(-c5ccccc5)nc([C@@H]5C=CC=CC5)n4)cc(C4=CC[C@@H](c5ccccc5)C=C4)c3-n3c4ccc(-c5ccccc5)cc4c4cc(-c5ccccc5)ccc43)cc2)C=C1. The van der Waals surface area contributed by atoms with Crippen molar-refractivity contribution >= 4 is 27.4 Å². The fourth-order valence-electron chi connectivity index (χ4n) is 11.0. The minimum atomic E-state index is 0.0294. The van der Waals surface area contributed by atoms with Gasteiger partial charge in [-0.2, -0.15) is 0 Å². The number of rotatable bonds is 10. The smallest absolute Gasteiger partial charge is 0.163 e. The van der Waals surface area contributed by atoms with Crippen LogP contribution in [-0.2, 0) is 0 Å². The lowest BCUT2D eigenvalue weighted by atomic mass is 9.85. The van der Waals surface area contributed by atoms with Crippen LogP contribution < -0.4 is 0 Å². The standard InChI is InChI=1S/C69H52N4/c1-7-19-47(20-8-1)51-31-35-53(36-32-51)60-45-59(69-71-67(55-27-15-5-16-28-55)70-68(72-69)56-29-17-6-18-30-56)46-61(54-37-33-52(34-38-54)48-21-9-2-10-22-48)66(60)73-64-41-39-57(49-23-11-3-12-24-49)43-62(64)63-44-58(40-42-65(63)73)50-25-13-4-14-26-50/h1-21,23-29,31,33-46,48,51,56H,22,30,32H2/t48?,51-,56+/m0/s1. The van der Waals surface area contributed by atoms with E-state index in [1.807, 2.05) is 6.07 Å². The van der Waals surface area contributed by atoms with Crippen LogP contribution in [0.25, 0.3) is 89.2 Å². The van der Waals surface area contributed by atoms with E-state index in [0.717, 1.165) is 75.2 Å². The molecule has 348 valence electrons. The Morgan fingerprint density at radius 2 is 0.877 bits per heavy atom. The van der Waals surface area contributed by atoms with Crippen molar-refractivity contribution in [1.82, 2.24) is 19.5 Å². The van der Waals surface area contributed by atoms with Gasteiger partial charge in [-0.15, -0.1) is 0 Å². The molecule has 0 saturated carbocycles. The first-order valence-electron chi connectivity index (χ1n) is 25.6. The van der Waals surface area contributed by atoms with Gasteiger partial charge in [0, 0.05) is 50.8 Å². The topological polar surface area (TPSA) is 43.6 Å². The van der Waals surface area contributed by atoms with Crippen molar-refractivity contribution in [3.8, 4) is 61.8 Å². The van der Waals surface area contributed by atoms with Crippen LogP contribution in [0.1, 0.15) is 59.5 Å². The third-order valence-corrected chi connectivity index (χ3v) is 14.8. The highest BCUT2D eigenvalue weighted by Gasteiger charge is 2.26. The summed E-state index contributed by atoms with van der Waals surface area (Å²) in [6.07, 6.45) is 27.4. The van der Waals surface area contributed by atoms with Gasteiger partial charge in [-0.3, -0.25) is 0 Å². The highest BCUT2D eigenvalue weighted by molar-refractivity contribution is 6.13. The Bertz CT molecular complexity index is 3760. The Morgan fingerprint density at radius 1 is 0.370 bits per heavy atom. The zero-order valence-corrected chi connectivity index (χ0v) is 40.5. The first kappa shape index (κ1) is 44.0. The molecule has 8 aromatic carbocycles. The zero-order valence-electron chi connectivity index (χ0n) is 40.5. The molecule has 0 amide bonds. The second kappa shape index (κ2) is 19.3. The Kier molecular flexibility index (Phi) is 11.6. The molecule has 3 aliphatic carbocycles. The lowest BCUT2D eigenvalue weighted by molar-refractivity contribution is 0.764. The lowest BCUT2D eigenvalue weighted by Gasteiger charge is -2.24. The number of fused-ring (bicyclic) bond motifs is 3. The van der Waals surface area contributed by atoms with Gasteiger partial charge in [-0.05, 0) is 100 Å². The Hall–Kier alpha value is -8.99. The van der Waals surface area contributed by atoms with Crippen LogP contribution in [0.4, 0.5) is 0 Å². The second-order valence-electron chi connectivity index (χ2n) is 19.4. The number of hydrogen-bond donors (Lipinski definition) is 0. The molecule has 1 unspecified atom stereocenters. The fourth-order valence-corrected chi connectivity index (χ4v) is 11.0. The highest BCUT2D eigenvalue weighted by Crippen LogP contribution is 2.46. The van der Waals surface area contributed by atoms with E-state index in [9.17, 15) is 0 Å². The summed E-state index contributed by atoms with van der Waals surface area (Å²) < 4.78 is 2.54. The monoisotopic (exact) mass is 936 g/mol. The van der Waals surface area contributed by atoms with Crippen LogP contribution in [0.5, 0.6) is 0 Å². The molecule has 0 aliphatic heterocycles. The quantitative estimate of drug-likeness (QED) is 0.137. The summed E-state index contributed by atoms with van der Waals surface area (Å²) in [7, 11) is 0. The van der Waals surface area contributed by atoms with E-state index in [4.69, 9.17) is 15.0 Å². The summed E-state index contributed by atoms with van der Waals surface area (Å²) in [6, 6.07) is 70.7. The molecule has 73 heavy (non-hydrogen) atoms. The number of benzene rings is 8. The molecular formula is C69H52N4. The second-order valence-corrected chi connectivity index (χ2v) is 19.4. The van der Waals surface area contributed by atoms with Gasteiger partial charge in [0.15, 0.2) is 11.6 Å². The number of hydrogen-bond acceptors (Lipinski definition) is 3. The van der Waals surface area contributed by atoms with Crippen LogP contribution >= 0.6 is 0 Å². The van der Waals surface area contributed by atoms with Gasteiger partial charge in [0.05, 0.1) is 16.7 Å². The summed E-state index contributed by atoms with van der Waals surface area (Å²) in [6.45, 7) is 0. The molecule has 10 aromatic rings. The van der Waals surface area contributed by atoms with E-state index in [1.54, 1.807) is 0 Å². The Morgan fingerprint density at radius 3 is 1.44 bits per heavy atom. The van der Waals surface area contributed by atoms with E-state index in [-0.39, 0.29) is 11.8 Å². The molecule has 4 heteroatoms. The van der Waals surface area contributed by atoms with Gasteiger partial charge in [0.25, 0.3) is 0 Å². The van der Waals surface area contributed by atoms with E-state index >= 15 is 0 Å². The molecule has 3 atom stereocenters. The van der Waals surface area contributed by atoms with Crippen LogP contribution in [0.15, 0.2) is 261 Å². The van der Waals surface area contributed by atoms with Crippen molar-refractivity contribution < 1.29 is 0 Å². The zero-order chi connectivity index (χ0) is 48.5. The van der Waals surface area contributed by atoms with Gasteiger partial charge in [-0.25, -0.2) is 15.0 Å². The van der Waals surface area contributed by atoms with Crippen LogP contribution in [0, 0.1) is 0 Å².